The molecule has 7 nitrogen and oxygen atoms in total. The zero-order chi connectivity index (χ0) is 17.4. The summed E-state index contributed by atoms with van der Waals surface area (Å²) < 4.78 is 6.93. The van der Waals surface area contributed by atoms with Crippen LogP contribution in [0.15, 0.2) is 50.9 Å². The summed E-state index contributed by atoms with van der Waals surface area (Å²) >= 11 is 0. The van der Waals surface area contributed by atoms with Gasteiger partial charge >= 0.3 is 0 Å². The second-order valence-electron chi connectivity index (χ2n) is 5.94. The standard InChI is InChI=1S/C18H16N4O3/c1-11(15-4-3-9-25-15)20-21-17(23)12-6-7-13-14(10-12)19-16-5-2-8-22(16)18(13)24/h3-4,6-7,9-10H,2,5,8H2,1H3,(H,21,23)/b20-11-. The summed E-state index contributed by atoms with van der Waals surface area (Å²) in [4.78, 5) is 29.3. The van der Waals surface area contributed by atoms with Crippen LogP contribution in [-0.4, -0.2) is 21.2 Å². The smallest absolute Gasteiger partial charge is 0.271 e. The van der Waals surface area contributed by atoms with Crippen LogP contribution in [0.2, 0.25) is 0 Å². The van der Waals surface area contributed by atoms with Crippen LogP contribution in [0.25, 0.3) is 10.9 Å². The third-order valence-electron chi connectivity index (χ3n) is 4.28. The molecule has 4 rings (SSSR count). The lowest BCUT2D eigenvalue weighted by Gasteiger charge is -2.06. The van der Waals surface area contributed by atoms with Crippen molar-refractivity contribution in [3.8, 4) is 0 Å². The number of fused-ring (bicyclic) bond motifs is 2. The predicted octanol–water partition coefficient (Wildman–Crippen LogP) is 2.09. The second kappa shape index (κ2) is 6.01. The molecule has 3 aromatic rings. The summed E-state index contributed by atoms with van der Waals surface area (Å²) in [6.07, 6.45) is 3.25. The largest absolute Gasteiger partial charge is 0.463 e. The van der Waals surface area contributed by atoms with Gasteiger partial charge in [0, 0.05) is 18.5 Å². The molecular weight excluding hydrogens is 320 g/mol. The number of benzene rings is 1. The van der Waals surface area contributed by atoms with Gasteiger partial charge in [-0.2, -0.15) is 5.10 Å². The average Bonchev–Trinajstić information content (AvgIpc) is 3.30. The first-order chi connectivity index (χ1) is 12.1. The van der Waals surface area contributed by atoms with Crippen molar-refractivity contribution >= 4 is 22.5 Å². The van der Waals surface area contributed by atoms with Gasteiger partial charge in [-0.3, -0.25) is 14.2 Å². The third kappa shape index (κ3) is 2.73. The number of hydrogen-bond acceptors (Lipinski definition) is 5. The predicted molar refractivity (Wildman–Crippen MR) is 92.7 cm³/mol. The summed E-state index contributed by atoms with van der Waals surface area (Å²) in [7, 11) is 0. The normalized spacial score (nSPS) is 13.9. The molecule has 2 aromatic heterocycles. The van der Waals surface area contributed by atoms with Crippen molar-refractivity contribution in [1.29, 1.82) is 0 Å². The van der Waals surface area contributed by atoms with Crippen LogP contribution in [-0.2, 0) is 13.0 Å². The number of hydrazone groups is 1. The monoisotopic (exact) mass is 336 g/mol. The Morgan fingerprint density at radius 2 is 2.24 bits per heavy atom. The maximum absolute atomic E-state index is 12.4. The molecule has 1 N–H and O–H groups in total. The van der Waals surface area contributed by atoms with Gasteiger partial charge in [0.05, 0.1) is 17.2 Å². The van der Waals surface area contributed by atoms with Gasteiger partial charge in [0.15, 0.2) is 0 Å². The number of nitrogens with one attached hydrogen (secondary N) is 1. The van der Waals surface area contributed by atoms with Crippen molar-refractivity contribution in [2.45, 2.75) is 26.3 Å². The molecule has 0 spiro atoms. The number of nitrogens with zero attached hydrogens (tertiary/aromatic N) is 3. The van der Waals surface area contributed by atoms with Gasteiger partial charge in [0.25, 0.3) is 11.5 Å². The fourth-order valence-electron chi connectivity index (χ4n) is 2.96. The van der Waals surface area contributed by atoms with Gasteiger partial charge in [0.2, 0.25) is 0 Å². The Morgan fingerprint density at radius 3 is 3.04 bits per heavy atom. The van der Waals surface area contributed by atoms with Crippen LogP contribution in [0.3, 0.4) is 0 Å². The number of carbonyl (C=O) groups excluding carboxylic acids is 1. The molecule has 0 atom stereocenters. The summed E-state index contributed by atoms with van der Waals surface area (Å²) in [5.74, 6) is 1.00. The molecule has 0 radical (unpaired) electrons. The molecule has 0 aliphatic carbocycles. The molecule has 0 unspecified atom stereocenters. The van der Waals surface area contributed by atoms with Gasteiger partial charge in [-0.05, 0) is 43.7 Å². The molecule has 126 valence electrons. The van der Waals surface area contributed by atoms with E-state index in [-0.39, 0.29) is 11.5 Å². The number of furan rings is 1. The molecule has 0 bridgehead atoms. The first-order valence-electron chi connectivity index (χ1n) is 8.05. The van der Waals surface area contributed by atoms with Crippen LogP contribution >= 0.6 is 0 Å². The Kier molecular flexibility index (Phi) is 3.68. The van der Waals surface area contributed by atoms with Crippen LogP contribution in [0.1, 0.15) is 35.3 Å². The van der Waals surface area contributed by atoms with E-state index in [9.17, 15) is 9.59 Å². The molecule has 1 amide bonds. The van der Waals surface area contributed by atoms with Crippen LogP contribution in [0, 0.1) is 0 Å². The van der Waals surface area contributed by atoms with Crippen molar-refractivity contribution in [1.82, 2.24) is 15.0 Å². The highest BCUT2D eigenvalue weighted by atomic mass is 16.3. The molecular formula is C18H16N4O3. The van der Waals surface area contributed by atoms with Crippen LogP contribution in [0.5, 0.6) is 0 Å². The molecule has 7 heteroatoms. The van der Waals surface area contributed by atoms with Crippen molar-refractivity contribution < 1.29 is 9.21 Å². The number of aromatic nitrogens is 2. The summed E-state index contributed by atoms with van der Waals surface area (Å²) in [6, 6.07) is 8.40. The average molecular weight is 336 g/mol. The lowest BCUT2D eigenvalue weighted by Crippen LogP contribution is -2.22. The maximum atomic E-state index is 12.4. The lowest BCUT2D eigenvalue weighted by molar-refractivity contribution is 0.0955. The Hall–Kier alpha value is -3.22. The molecule has 0 saturated carbocycles. The minimum Gasteiger partial charge on any atom is -0.463 e. The minimum atomic E-state index is -0.366. The Bertz CT molecular complexity index is 1050. The highest BCUT2D eigenvalue weighted by Crippen LogP contribution is 2.16. The molecule has 1 aromatic carbocycles. The lowest BCUT2D eigenvalue weighted by atomic mass is 10.1. The number of rotatable bonds is 3. The van der Waals surface area contributed by atoms with Gasteiger partial charge < -0.3 is 4.42 Å². The van der Waals surface area contributed by atoms with Gasteiger partial charge in [0.1, 0.15) is 17.3 Å². The fraction of sp³-hybridized carbons (Fsp3) is 0.222. The van der Waals surface area contributed by atoms with E-state index in [0.29, 0.717) is 34.5 Å². The summed E-state index contributed by atoms with van der Waals surface area (Å²) in [5, 5.41) is 4.56. The number of aryl methyl sites for hydroxylation is 1. The van der Waals surface area contributed by atoms with E-state index in [2.05, 4.69) is 15.5 Å². The van der Waals surface area contributed by atoms with Crippen molar-refractivity contribution in [3.63, 3.8) is 0 Å². The Labute approximate surface area is 143 Å². The fourth-order valence-corrected chi connectivity index (χ4v) is 2.96. The Morgan fingerprint density at radius 1 is 1.36 bits per heavy atom. The highest BCUT2D eigenvalue weighted by molar-refractivity contribution is 6.00. The molecule has 3 heterocycles. The van der Waals surface area contributed by atoms with Crippen molar-refractivity contribution in [2.24, 2.45) is 5.10 Å². The van der Waals surface area contributed by atoms with Crippen molar-refractivity contribution in [3.05, 3.63) is 64.1 Å². The topological polar surface area (TPSA) is 89.5 Å². The zero-order valence-corrected chi connectivity index (χ0v) is 13.7. The molecule has 0 saturated heterocycles. The number of carbonyl (C=O) groups is 1. The summed E-state index contributed by atoms with van der Waals surface area (Å²) in [6.45, 7) is 2.45. The van der Waals surface area contributed by atoms with Crippen LogP contribution < -0.4 is 11.0 Å². The molecule has 25 heavy (non-hydrogen) atoms. The van der Waals surface area contributed by atoms with Gasteiger partial charge in [-0.15, -0.1) is 0 Å². The van der Waals surface area contributed by atoms with E-state index >= 15 is 0 Å². The third-order valence-corrected chi connectivity index (χ3v) is 4.28. The molecule has 1 aliphatic rings. The highest BCUT2D eigenvalue weighted by Gasteiger charge is 2.17. The maximum Gasteiger partial charge on any atom is 0.271 e. The molecule has 0 fully saturated rings. The number of amides is 1. The summed E-state index contributed by atoms with van der Waals surface area (Å²) in [5.41, 5.74) is 3.96. The van der Waals surface area contributed by atoms with E-state index in [1.165, 1.54) is 0 Å². The van der Waals surface area contributed by atoms with E-state index in [4.69, 9.17) is 4.42 Å². The van der Waals surface area contributed by atoms with E-state index in [1.54, 1.807) is 48.1 Å². The van der Waals surface area contributed by atoms with Gasteiger partial charge in [-0.25, -0.2) is 10.4 Å². The van der Waals surface area contributed by atoms with Crippen LogP contribution in [0.4, 0.5) is 0 Å². The van der Waals surface area contributed by atoms with E-state index in [0.717, 1.165) is 18.7 Å². The van der Waals surface area contributed by atoms with E-state index < -0.39 is 0 Å². The van der Waals surface area contributed by atoms with Crippen molar-refractivity contribution in [2.75, 3.05) is 0 Å². The Balaban J connectivity index is 1.63. The zero-order valence-electron chi connectivity index (χ0n) is 13.7. The molecule has 1 aliphatic heterocycles. The SMILES string of the molecule is C/C(=N/NC(=O)c1ccc2c(=O)n3c(nc2c1)CCC3)c1ccco1. The minimum absolute atomic E-state index is 0.0452. The number of hydrogen-bond donors (Lipinski definition) is 1. The first-order valence-corrected chi connectivity index (χ1v) is 8.05. The first kappa shape index (κ1) is 15.3. The van der Waals surface area contributed by atoms with E-state index in [1.807, 2.05) is 0 Å². The second-order valence-corrected chi connectivity index (χ2v) is 5.94. The van der Waals surface area contributed by atoms with Gasteiger partial charge in [-0.1, -0.05) is 0 Å². The quantitative estimate of drug-likeness (QED) is 0.586.